The van der Waals surface area contributed by atoms with Gasteiger partial charge in [0.15, 0.2) is 5.11 Å². The Bertz CT molecular complexity index is 1180. The summed E-state index contributed by atoms with van der Waals surface area (Å²) in [5, 5.41) is 9.04. The number of benzene rings is 3. The minimum atomic E-state index is -3.52. The molecule has 162 valence electrons. The number of thiocarbonyl (C=S) groups is 1. The van der Waals surface area contributed by atoms with Gasteiger partial charge in [0.25, 0.3) is 0 Å². The molecule has 1 heterocycles. The van der Waals surface area contributed by atoms with Crippen molar-refractivity contribution in [2.45, 2.75) is 50.1 Å². The maximum absolute atomic E-state index is 13.2. The molecule has 2 atom stereocenters. The number of piperidine rings is 1. The third-order valence-corrected chi connectivity index (χ3v) is 8.18. The zero-order valence-corrected chi connectivity index (χ0v) is 19.3. The second-order valence-electron chi connectivity index (χ2n) is 8.09. The van der Waals surface area contributed by atoms with E-state index in [1.807, 2.05) is 44.2 Å². The highest BCUT2D eigenvalue weighted by Gasteiger charge is 2.35. The van der Waals surface area contributed by atoms with Crippen LogP contribution in [0.15, 0.2) is 71.6 Å². The van der Waals surface area contributed by atoms with Gasteiger partial charge in [0, 0.05) is 28.8 Å². The zero-order chi connectivity index (χ0) is 22.0. The fourth-order valence-electron chi connectivity index (χ4n) is 4.32. The summed E-state index contributed by atoms with van der Waals surface area (Å²) in [5.41, 5.74) is 1.65. The van der Waals surface area contributed by atoms with E-state index in [0.717, 1.165) is 41.4 Å². The topological polar surface area (TPSA) is 61.4 Å². The van der Waals surface area contributed by atoms with E-state index in [1.165, 1.54) is 0 Å². The van der Waals surface area contributed by atoms with Crippen LogP contribution in [0.5, 0.6) is 0 Å². The van der Waals surface area contributed by atoms with Crippen LogP contribution in [0.4, 0.5) is 11.4 Å². The highest BCUT2D eigenvalue weighted by atomic mass is 32.2. The third kappa shape index (κ3) is 4.59. The van der Waals surface area contributed by atoms with Gasteiger partial charge >= 0.3 is 0 Å². The number of anilines is 2. The molecule has 2 N–H and O–H groups in total. The summed E-state index contributed by atoms with van der Waals surface area (Å²) < 4.78 is 28.0. The number of rotatable bonds is 4. The average molecular weight is 454 g/mol. The molecule has 0 unspecified atom stereocenters. The summed E-state index contributed by atoms with van der Waals surface area (Å²) >= 11 is 5.47. The minimum Gasteiger partial charge on any atom is -0.332 e. The van der Waals surface area contributed by atoms with Crippen LogP contribution in [0.1, 0.15) is 33.1 Å². The predicted octanol–water partition coefficient (Wildman–Crippen LogP) is 5.60. The molecule has 1 aliphatic rings. The first-order valence-corrected chi connectivity index (χ1v) is 12.4. The van der Waals surface area contributed by atoms with Crippen molar-refractivity contribution in [3.63, 3.8) is 0 Å². The number of hydrogen-bond donors (Lipinski definition) is 2. The SMILES string of the molecule is C[C@H]1CCC[C@H](C)N1S(=O)(=O)c1ccc(NC(=S)Nc2cccc3ccccc23)cc1. The molecular weight excluding hydrogens is 426 g/mol. The molecule has 1 aliphatic heterocycles. The Morgan fingerprint density at radius 1 is 0.903 bits per heavy atom. The van der Waals surface area contributed by atoms with E-state index in [4.69, 9.17) is 12.2 Å². The lowest BCUT2D eigenvalue weighted by atomic mass is 10.0. The Labute approximate surface area is 189 Å². The first-order valence-electron chi connectivity index (χ1n) is 10.6. The first kappa shape index (κ1) is 21.7. The largest absolute Gasteiger partial charge is 0.332 e. The molecule has 0 amide bonds. The molecule has 1 fully saturated rings. The molecule has 5 nitrogen and oxygen atoms in total. The molecule has 1 saturated heterocycles. The van der Waals surface area contributed by atoms with Gasteiger partial charge in [-0.3, -0.25) is 0 Å². The Kier molecular flexibility index (Phi) is 6.27. The molecule has 0 bridgehead atoms. The highest BCUT2D eigenvalue weighted by molar-refractivity contribution is 7.89. The van der Waals surface area contributed by atoms with Crippen molar-refractivity contribution < 1.29 is 8.42 Å². The summed E-state index contributed by atoms with van der Waals surface area (Å²) in [6.07, 6.45) is 2.87. The van der Waals surface area contributed by atoms with Gasteiger partial charge in [-0.25, -0.2) is 8.42 Å². The van der Waals surface area contributed by atoms with Gasteiger partial charge in [0.2, 0.25) is 10.0 Å². The molecule has 7 heteroatoms. The molecule has 0 saturated carbocycles. The van der Waals surface area contributed by atoms with E-state index in [9.17, 15) is 8.42 Å². The van der Waals surface area contributed by atoms with Crippen molar-refractivity contribution in [2.75, 3.05) is 10.6 Å². The third-order valence-electron chi connectivity index (χ3n) is 5.84. The fourth-order valence-corrected chi connectivity index (χ4v) is 6.43. The number of fused-ring (bicyclic) bond motifs is 1. The quantitative estimate of drug-likeness (QED) is 0.504. The van der Waals surface area contributed by atoms with Crippen LogP contribution in [-0.2, 0) is 10.0 Å². The molecule has 0 aromatic heterocycles. The van der Waals surface area contributed by atoms with Crippen LogP contribution in [0.2, 0.25) is 0 Å². The normalized spacial score (nSPS) is 19.8. The Morgan fingerprint density at radius 2 is 1.55 bits per heavy atom. The lowest BCUT2D eigenvalue weighted by Gasteiger charge is -2.37. The molecule has 3 aromatic carbocycles. The number of sulfonamides is 1. The van der Waals surface area contributed by atoms with Gasteiger partial charge in [-0.1, -0.05) is 42.8 Å². The van der Waals surface area contributed by atoms with Crippen LogP contribution in [-0.4, -0.2) is 29.9 Å². The van der Waals surface area contributed by atoms with E-state index < -0.39 is 10.0 Å². The molecule has 4 rings (SSSR count). The maximum Gasteiger partial charge on any atom is 0.243 e. The number of hydrogen-bond acceptors (Lipinski definition) is 3. The summed E-state index contributed by atoms with van der Waals surface area (Å²) in [6.45, 7) is 3.97. The number of nitrogens with zero attached hydrogens (tertiary/aromatic N) is 1. The molecular formula is C24H27N3O2S2. The number of nitrogens with one attached hydrogen (secondary N) is 2. The van der Waals surface area contributed by atoms with Gasteiger partial charge < -0.3 is 10.6 Å². The van der Waals surface area contributed by atoms with Crippen molar-refractivity contribution in [1.29, 1.82) is 0 Å². The van der Waals surface area contributed by atoms with Crippen molar-refractivity contribution in [2.24, 2.45) is 0 Å². The second-order valence-corrected chi connectivity index (χ2v) is 10.3. The van der Waals surface area contributed by atoms with Crippen molar-refractivity contribution >= 4 is 49.5 Å². The highest BCUT2D eigenvalue weighted by Crippen LogP contribution is 2.30. The first-order chi connectivity index (χ1) is 14.9. The van der Waals surface area contributed by atoms with Crippen LogP contribution in [0.3, 0.4) is 0 Å². The van der Waals surface area contributed by atoms with Crippen LogP contribution >= 0.6 is 12.2 Å². The minimum absolute atomic E-state index is 0.0176. The van der Waals surface area contributed by atoms with Gasteiger partial charge in [-0.05, 0) is 74.6 Å². The van der Waals surface area contributed by atoms with Gasteiger partial charge in [-0.2, -0.15) is 4.31 Å². The molecule has 3 aromatic rings. The van der Waals surface area contributed by atoms with Crippen LogP contribution in [0.25, 0.3) is 10.8 Å². The average Bonchev–Trinajstić information content (AvgIpc) is 2.74. The standard InChI is InChI=1S/C24H27N3O2S2/c1-17-7-5-8-18(2)27(17)31(28,29)21-15-13-20(14-16-21)25-24(30)26-23-12-6-10-19-9-3-4-11-22(19)23/h3-4,6,9-18H,5,7-8H2,1-2H3,(H2,25,26,30)/t17-,18-/m0/s1. The van der Waals surface area contributed by atoms with Gasteiger partial charge in [-0.15, -0.1) is 0 Å². The predicted molar refractivity (Wildman–Crippen MR) is 132 cm³/mol. The smallest absolute Gasteiger partial charge is 0.243 e. The molecule has 31 heavy (non-hydrogen) atoms. The van der Waals surface area contributed by atoms with E-state index in [2.05, 4.69) is 22.8 Å². The van der Waals surface area contributed by atoms with E-state index >= 15 is 0 Å². The summed E-state index contributed by atoms with van der Waals surface area (Å²) in [6, 6.07) is 20.9. The Balaban J connectivity index is 1.47. The summed E-state index contributed by atoms with van der Waals surface area (Å²) in [4.78, 5) is 0.312. The Morgan fingerprint density at radius 3 is 2.26 bits per heavy atom. The van der Waals surface area contributed by atoms with Crippen LogP contribution in [0, 0.1) is 0 Å². The Hall–Kier alpha value is -2.48. The molecule has 0 radical (unpaired) electrons. The van der Waals surface area contributed by atoms with E-state index in [1.54, 1.807) is 28.6 Å². The van der Waals surface area contributed by atoms with E-state index in [0.29, 0.717) is 10.0 Å². The van der Waals surface area contributed by atoms with Crippen molar-refractivity contribution in [3.05, 3.63) is 66.7 Å². The van der Waals surface area contributed by atoms with Gasteiger partial charge in [0.05, 0.1) is 4.90 Å². The lowest BCUT2D eigenvalue weighted by Crippen LogP contribution is -2.47. The van der Waals surface area contributed by atoms with Crippen molar-refractivity contribution in [3.8, 4) is 0 Å². The lowest BCUT2D eigenvalue weighted by molar-refractivity contribution is 0.204. The molecule has 0 aliphatic carbocycles. The fraction of sp³-hybridized carbons (Fsp3) is 0.292. The van der Waals surface area contributed by atoms with Gasteiger partial charge in [0.1, 0.15) is 0 Å². The summed E-state index contributed by atoms with van der Waals surface area (Å²) in [7, 11) is -3.52. The second kappa shape index (κ2) is 8.94. The summed E-state index contributed by atoms with van der Waals surface area (Å²) in [5.74, 6) is 0. The monoisotopic (exact) mass is 453 g/mol. The van der Waals surface area contributed by atoms with Crippen LogP contribution < -0.4 is 10.6 Å². The maximum atomic E-state index is 13.2. The van der Waals surface area contributed by atoms with Crippen molar-refractivity contribution in [1.82, 2.24) is 4.31 Å². The zero-order valence-electron chi connectivity index (χ0n) is 17.7. The molecule has 0 spiro atoms. The van der Waals surface area contributed by atoms with E-state index in [-0.39, 0.29) is 12.1 Å².